The molecule has 2 rings (SSSR count). The fourth-order valence-electron chi connectivity index (χ4n) is 3.55. The first kappa shape index (κ1) is 29.5. The number of halogens is 1. The fraction of sp³-hybridized carbons (Fsp3) is 0.586. The molecule has 2 unspecified atom stereocenters. The van der Waals surface area contributed by atoms with E-state index in [1.165, 1.54) is 57.8 Å². The first-order chi connectivity index (χ1) is 15.7. The van der Waals surface area contributed by atoms with Gasteiger partial charge in [-0.3, -0.25) is 0 Å². The van der Waals surface area contributed by atoms with Crippen molar-refractivity contribution < 1.29 is 9.84 Å². The summed E-state index contributed by atoms with van der Waals surface area (Å²) in [5, 5.41) is 9.91. The second kappa shape index (κ2) is 17.0. The van der Waals surface area contributed by atoms with Gasteiger partial charge in [-0.1, -0.05) is 95.0 Å². The Morgan fingerprint density at radius 1 is 0.848 bits per heavy atom. The highest BCUT2D eigenvalue weighted by molar-refractivity contribution is 6.23. The molecule has 0 aliphatic rings. The van der Waals surface area contributed by atoms with Crippen molar-refractivity contribution in [3.05, 3.63) is 60.2 Å². The highest BCUT2D eigenvalue weighted by atomic mass is 35.5. The van der Waals surface area contributed by atoms with Gasteiger partial charge in [-0.2, -0.15) is 0 Å². The molecule has 2 aromatic rings. The van der Waals surface area contributed by atoms with Crippen LogP contribution in [-0.2, 0) is 0 Å². The minimum Gasteiger partial charge on any atom is -0.457 e. The van der Waals surface area contributed by atoms with Crippen LogP contribution in [0.1, 0.15) is 104 Å². The number of aliphatic hydroxyl groups is 1. The Balaban J connectivity index is 0.000000337. The van der Waals surface area contributed by atoms with Crippen molar-refractivity contribution in [2.45, 2.75) is 109 Å². The maximum Gasteiger partial charge on any atom is 0.127 e. The molecule has 4 heteroatoms. The maximum atomic E-state index is 9.91. The smallest absolute Gasteiger partial charge is 0.127 e. The molecule has 0 bridgehead atoms. The number of ether oxygens (including phenoxy) is 1. The Hall–Kier alpha value is -1.55. The van der Waals surface area contributed by atoms with Crippen LogP contribution in [0.3, 0.4) is 0 Å². The van der Waals surface area contributed by atoms with Crippen LogP contribution in [0.2, 0.25) is 0 Å². The molecule has 0 saturated carbocycles. The number of para-hydroxylation sites is 1. The average molecular weight is 476 g/mol. The van der Waals surface area contributed by atoms with E-state index in [0.717, 1.165) is 17.7 Å². The number of hydrogen-bond donors (Lipinski definition) is 2. The summed E-state index contributed by atoms with van der Waals surface area (Å²) in [6.45, 7) is 8.27. The number of alkyl halides is 1. The van der Waals surface area contributed by atoms with E-state index in [-0.39, 0.29) is 10.9 Å². The van der Waals surface area contributed by atoms with Crippen LogP contribution in [0.4, 0.5) is 0 Å². The molecule has 2 aromatic carbocycles. The van der Waals surface area contributed by atoms with E-state index in [0.29, 0.717) is 5.75 Å². The van der Waals surface area contributed by atoms with E-state index in [2.05, 4.69) is 20.8 Å². The van der Waals surface area contributed by atoms with Crippen LogP contribution < -0.4 is 10.5 Å². The molecule has 0 fully saturated rings. The van der Waals surface area contributed by atoms with Gasteiger partial charge >= 0.3 is 0 Å². The number of aliphatic hydroxyl groups excluding tert-OH is 1. The number of nitrogens with two attached hydrogens (primary N) is 1. The van der Waals surface area contributed by atoms with Crippen molar-refractivity contribution in [2.75, 3.05) is 0 Å². The van der Waals surface area contributed by atoms with Crippen LogP contribution in [0, 0.1) is 0 Å². The summed E-state index contributed by atoms with van der Waals surface area (Å²) in [4.78, 5) is 0.0150. The third-order valence-corrected chi connectivity index (χ3v) is 5.74. The second-order valence-corrected chi connectivity index (χ2v) is 10.6. The van der Waals surface area contributed by atoms with Gasteiger partial charge < -0.3 is 15.6 Å². The Morgan fingerprint density at radius 2 is 1.39 bits per heavy atom. The van der Waals surface area contributed by atoms with Gasteiger partial charge in [-0.25, -0.2) is 0 Å². The van der Waals surface area contributed by atoms with E-state index >= 15 is 0 Å². The maximum absolute atomic E-state index is 9.91. The molecule has 0 saturated heterocycles. The average Bonchev–Trinajstić information content (AvgIpc) is 2.78. The van der Waals surface area contributed by atoms with Crippen LogP contribution in [-0.4, -0.2) is 16.0 Å². The number of unbranched alkanes of at least 4 members (excludes halogenated alkanes) is 8. The summed E-state index contributed by atoms with van der Waals surface area (Å²) >= 11 is 6.13. The van der Waals surface area contributed by atoms with Crippen molar-refractivity contribution >= 4 is 11.6 Å². The molecule has 0 amide bonds. The molecule has 0 aliphatic heterocycles. The predicted octanol–water partition coefficient (Wildman–Crippen LogP) is 8.78. The molecule has 0 radical (unpaired) electrons. The molecule has 0 heterocycles. The third kappa shape index (κ3) is 15.1. The Labute approximate surface area is 207 Å². The minimum absolute atomic E-state index is 0.0150. The standard InChI is InChI=1S/C15H17NO2.C14H29Cl/c1-11(16)15(17)12-6-5-9-14(10-12)18-13-7-3-2-4-8-13;1-4-5-6-7-8-9-10-11-12-13-14(2,3)15/h2-11,15,17H,16H2,1H3;4-13H2,1-3H3. The molecule has 2 atom stereocenters. The summed E-state index contributed by atoms with van der Waals surface area (Å²) in [7, 11) is 0. The SMILES string of the molecule is CC(N)C(O)c1cccc(Oc2ccccc2)c1.CCCCCCCCCCCC(C)(C)Cl. The van der Waals surface area contributed by atoms with Crippen LogP contribution >= 0.6 is 11.6 Å². The lowest BCUT2D eigenvalue weighted by Gasteiger charge is -2.15. The fourth-order valence-corrected chi connectivity index (χ4v) is 3.68. The van der Waals surface area contributed by atoms with Crippen molar-refractivity contribution in [2.24, 2.45) is 5.73 Å². The quantitative estimate of drug-likeness (QED) is 0.212. The van der Waals surface area contributed by atoms with Gasteiger partial charge in [0.1, 0.15) is 11.5 Å². The van der Waals surface area contributed by atoms with Gasteiger partial charge in [0.2, 0.25) is 0 Å². The van der Waals surface area contributed by atoms with Crippen LogP contribution in [0.25, 0.3) is 0 Å². The van der Waals surface area contributed by atoms with E-state index in [1.807, 2.05) is 48.5 Å². The molecule has 3 N–H and O–H groups in total. The summed E-state index contributed by atoms with van der Waals surface area (Å²) in [6, 6.07) is 16.6. The van der Waals surface area contributed by atoms with Gasteiger partial charge in [-0.15, -0.1) is 11.6 Å². The Kier molecular flexibility index (Phi) is 15.2. The van der Waals surface area contributed by atoms with Crippen molar-refractivity contribution in [3.63, 3.8) is 0 Å². The van der Waals surface area contributed by atoms with Gasteiger partial charge in [0.05, 0.1) is 6.10 Å². The summed E-state index contributed by atoms with van der Waals surface area (Å²) < 4.78 is 5.70. The van der Waals surface area contributed by atoms with E-state index in [4.69, 9.17) is 22.1 Å². The van der Waals surface area contributed by atoms with Gasteiger partial charge in [0.15, 0.2) is 0 Å². The first-order valence-corrected chi connectivity index (χ1v) is 13.1. The van der Waals surface area contributed by atoms with E-state index in [1.54, 1.807) is 13.0 Å². The normalized spacial score (nSPS) is 13.1. The molecular weight excluding hydrogens is 430 g/mol. The third-order valence-electron chi connectivity index (χ3n) is 5.55. The highest BCUT2D eigenvalue weighted by Crippen LogP contribution is 2.25. The van der Waals surface area contributed by atoms with Crippen LogP contribution in [0.5, 0.6) is 11.5 Å². The zero-order valence-corrected chi connectivity index (χ0v) is 22.0. The number of benzene rings is 2. The summed E-state index contributed by atoms with van der Waals surface area (Å²) in [5.74, 6) is 1.46. The van der Waals surface area contributed by atoms with Crippen molar-refractivity contribution in [1.82, 2.24) is 0 Å². The second-order valence-electron chi connectivity index (χ2n) is 9.59. The highest BCUT2D eigenvalue weighted by Gasteiger charge is 2.13. The monoisotopic (exact) mass is 475 g/mol. The molecule has 0 spiro atoms. The first-order valence-electron chi connectivity index (χ1n) is 12.7. The topological polar surface area (TPSA) is 55.5 Å². The lowest BCUT2D eigenvalue weighted by molar-refractivity contribution is 0.153. The van der Waals surface area contributed by atoms with Crippen molar-refractivity contribution in [3.8, 4) is 11.5 Å². The van der Waals surface area contributed by atoms with Gasteiger partial charge in [0, 0.05) is 10.9 Å². The minimum atomic E-state index is -0.677. The van der Waals surface area contributed by atoms with Gasteiger partial charge in [-0.05, 0) is 57.0 Å². The molecule has 33 heavy (non-hydrogen) atoms. The molecule has 186 valence electrons. The number of hydrogen-bond acceptors (Lipinski definition) is 3. The largest absolute Gasteiger partial charge is 0.457 e. The lowest BCUT2D eigenvalue weighted by atomic mass is 10.0. The van der Waals surface area contributed by atoms with E-state index in [9.17, 15) is 5.11 Å². The van der Waals surface area contributed by atoms with E-state index < -0.39 is 6.10 Å². The Bertz CT molecular complexity index is 728. The summed E-state index contributed by atoms with van der Waals surface area (Å²) in [5.41, 5.74) is 6.44. The predicted molar refractivity (Wildman–Crippen MR) is 143 cm³/mol. The molecular formula is C29H46ClNO2. The number of rotatable bonds is 14. The Morgan fingerprint density at radius 3 is 1.94 bits per heavy atom. The summed E-state index contributed by atoms with van der Waals surface area (Å²) in [6.07, 6.45) is 13.0. The van der Waals surface area contributed by atoms with Gasteiger partial charge in [0.25, 0.3) is 0 Å². The zero-order valence-electron chi connectivity index (χ0n) is 21.2. The van der Waals surface area contributed by atoms with Crippen LogP contribution in [0.15, 0.2) is 54.6 Å². The molecule has 0 aliphatic carbocycles. The lowest BCUT2D eigenvalue weighted by Crippen LogP contribution is -2.24. The van der Waals surface area contributed by atoms with Crippen molar-refractivity contribution in [1.29, 1.82) is 0 Å². The molecule has 3 nitrogen and oxygen atoms in total. The molecule has 0 aromatic heterocycles. The zero-order chi connectivity index (χ0) is 24.5.